The Labute approximate surface area is 217 Å². The van der Waals surface area contributed by atoms with Gasteiger partial charge in [0.25, 0.3) is 5.91 Å². The Morgan fingerprint density at radius 3 is 2.62 bits per heavy atom. The first-order valence-corrected chi connectivity index (χ1v) is 11.6. The molecule has 0 fully saturated rings. The number of rotatable bonds is 8. The summed E-state index contributed by atoms with van der Waals surface area (Å²) < 4.78 is 53.3. The third-order valence-electron chi connectivity index (χ3n) is 6.04. The van der Waals surface area contributed by atoms with Crippen molar-refractivity contribution < 1.29 is 37.1 Å². The molecule has 11 nitrogen and oxygen atoms in total. The van der Waals surface area contributed by atoms with E-state index in [2.05, 4.69) is 31.1 Å². The minimum Gasteiger partial charge on any atom is -0.481 e. The summed E-state index contributed by atoms with van der Waals surface area (Å²) >= 11 is 0. The molecular weight excluding hydrogens is 526 g/mol. The molecule has 4 rings (SSSR count). The van der Waals surface area contributed by atoms with Gasteiger partial charge >= 0.3 is 12.1 Å². The molecule has 3 aromatic rings. The van der Waals surface area contributed by atoms with Crippen LogP contribution < -0.4 is 21.7 Å². The average molecular weight is 549 g/mol. The summed E-state index contributed by atoms with van der Waals surface area (Å²) in [5.74, 6) is -4.58. The topological polar surface area (TPSA) is 175 Å². The number of nitrogens with zero attached hydrogens (tertiary/aromatic N) is 2. The highest BCUT2D eigenvalue weighted by Gasteiger charge is 2.35. The Hall–Kier alpha value is -4.69. The van der Waals surface area contributed by atoms with Crippen LogP contribution >= 0.6 is 0 Å². The maximum absolute atomic E-state index is 13.4. The lowest BCUT2D eigenvalue weighted by Crippen LogP contribution is -2.48. The Morgan fingerprint density at radius 2 is 1.97 bits per heavy atom. The van der Waals surface area contributed by atoms with Gasteiger partial charge in [-0.15, -0.1) is 0 Å². The lowest BCUT2D eigenvalue weighted by atomic mass is 9.86. The standard InChI is InChI=1S/C24H23F4N7O4/c25-13-8-30-23(31-9-13)33-14-5-16(17-10-32-35-18(17)6-14)22(39)34-20(21(29)38)15(7-19(36)37)11-2-1-3-12(4-11)24(26,27)28/h1-6,10,13,15,20H,7-9H2,(H2,29,38)(H,32,35)(H,34,39)(H,36,37)(H2,30,31,33)/t15-,20?/m0/s1. The van der Waals surface area contributed by atoms with Crippen LogP contribution in [0.4, 0.5) is 23.2 Å². The highest BCUT2D eigenvalue weighted by atomic mass is 19.4. The van der Waals surface area contributed by atoms with E-state index in [0.717, 1.165) is 12.1 Å². The summed E-state index contributed by atoms with van der Waals surface area (Å²) in [6, 6.07) is 5.13. The number of benzene rings is 2. The molecule has 0 saturated heterocycles. The first-order valence-electron chi connectivity index (χ1n) is 11.6. The molecule has 1 aromatic heterocycles. The molecule has 1 aliphatic heterocycles. The number of hydrogen-bond acceptors (Lipinski definition) is 7. The monoisotopic (exact) mass is 549 g/mol. The van der Waals surface area contributed by atoms with Crippen molar-refractivity contribution in [2.45, 2.75) is 30.7 Å². The molecule has 2 aromatic carbocycles. The lowest BCUT2D eigenvalue weighted by molar-refractivity contribution is -0.138. The number of carbonyl (C=O) groups excluding carboxylic acids is 2. The van der Waals surface area contributed by atoms with Crippen LogP contribution in [0.2, 0.25) is 0 Å². The number of carboxylic acids is 1. The molecule has 7 N–H and O–H groups in total. The van der Waals surface area contributed by atoms with Gasteiger partial charge in [0.2, 0.25) is 5.91 Å². The number of nitrogens with one attached hydrogen (secondary N) is 4. The minimum atomic E-state index is -4.72. The van der Waals surface area contributed by atoms with Crippen molar-refractivity contribution in [3.63, 3.8) is 0 Å². The molecule has 1 aliphatic rings. The van der Waals surface area contributed by atoms with Gasteiger partial charge in [0, 0.05) is 17.0 Å². The molecule has 0 spiro atoms. The summed E-state index contributed by atoms with van der Waals surface area (Å²) in [5.41, 5.74) is 5.05. The van der Waals surface area contributed by atoms with E-state index in [9.17, 15) is 37.1 Å². The summed E-state index contributed by atoms with van der Waals surface area (Å²) in [7, 11) is 0. The number of aliphatic imine (C=N–C) groups is 1. The zero-order valence-corrected chi connectivity index (χ0v) is 20.1. The number of aromatic amines is 1. The van der Waals surface area contributed by atoms with Gasteiger partial charge in [-0.05, 0) is 23.8 Å². The van der Waals surface area contributed by atoms with Crippen LogP contribution in [0.5, 0.6) is 0 Å². The summed E-state index contributed by atoms with van der Waals surface area (Å²) in [4.78, 5) is 41.4. The Balaban J connectivity index is 1.67. The van der Waals surface area contributed by atoms with Gasteiger partial charge < -0.3 is 26.8 Å². The number of aliphatic carboxylic acids is 1. The van der Waals surface area contributed by atoms with Crippen molar-refractivity contribution in [3.05, 3.63) is 59.3 Å². The number of amides is 2. The van der Waals surface area contributed by atoms with Gasteiger partial charge in [0.15, 0.2) is 5.96 Å². The second-order valence-corrected chi connectivity index (χ2v) is 8.83. The highest BCUT2D eigenvalue weighted by molar-refractivity contribution is 6.09. The van der Waals surface area contributed by atoms with E-state index in [1.165, 1.54) is 18.3 Å². The van der Waals surface area contributed by atoms with Crippen molar-refractivity contribution in [2.75, 3.05) is 18.4 Å². The normalized spacial score (nSPS) is 17.0. The third-order valence-corrected chi connectivity index (χ3v) is 6.04. The second kappa shape index (κ2) is 11.0. The number of carbonyl (C=O) groups is 3. The number of aromatic nitrogens is 2. The molecule has 2 unspecified atom stereocenters. The van der Waals surface area contributed by atoms with Crippen molar-refractivity contribution in [1.29, 1.82) is 0 Å². The molecule has 39 heavy (non-hydrogen) atoms. The number of nitrogens with two attached hydrogens (primary N) is 1. The van der Waals surface area contributed by atoms with E-state index in [1.807, 2.05) is 0 Å². The number of primary amides is 1. The molecule has 0 radical (unpaired) electrons. The van der Waals surface area contributed by atoms with E-state index in [-0.39, 0.29) is 30.2 Å². The third kappa shape index (κ3) is 6.42. The number of anilines is 1. The number of guanidine groups is 1. The van der Waals surface area contributed by atoms with E-state index < -0.39 is 54.1 Å². The van der Waals surface area contributed by atoms with Crippen LogP contribution in [0, 0.1) is 0 Å². The summed E-state index contributed by atoms with van der Waals surface area (Å²) in [6.45, 7) is -0.0257. The van der Waals surface area contributed by atoms with Crippen molar-refractivity contribution in [1.82, 2.24) is 20.8 Å². The highest BCUT2D eigenvalue weighted by Crippen LogP contribution is 2.33. The zero-order valence-electron chi connectivity index (χ0n) is 20.1. The van der Waals surface area contributed by atoms with Crippen LogP contribution in [0.15, 0.2) is 47.6 Å². The molecule has 0 bridgehead atoms. The molecule has 2 heterocycles. The molecule has 2 amide bonds. The van der Waals surface area contributed by atoms with Crippen LogP contribution in [0.25, 0.3) is 10.9 Å². The number of fused-ring (bicyclic) bond motifs is 1. The molecular formula is C24H23F4N7O4. The fourth-order valence-electron chi connectivity index (χ4n) is 4.20. The largest absolute Gasteiger partial charge is 0.481 e. The Kier molecular flexibility index (Phi) is 7.69. The first-order chi connectivity index (χ1) is 18.4. The summed E-state index contributed by atoms with van der Waals surface area (Å²) in [5, 5.41) is 24.4. The van der Waals surface area contributed by atoms with E-state index in [1.54, 1.807) is 6.07 Å². The van der Waals surface area contributed by atoms with Crippen LogP contribution in [-0.2, 0) is 15.8 Å². The maximum atomic E-state index is 13.4. The number of hydrogen-bond donors (Lipinski definition) is 6. The van der Waals surface area contributed by atoms with Gasteiger partial charge in [-0.1, -0.05) is 18.2 Å². The first kappa shape index (κ1) is 27.3. The van der Waals surface area contributed by atoms with Crippen LogP contribution in [0.3, 0.4) is 0 Å². The van der Waals surface area contributed by atoms with Crippen LogP contribution in [-0.4, -0.2) is 64.4 Å². The smallest absolute Gasteiger partial charge is 0.416 e. The van der Waals surface area contributed by atoms with Crippen molar-refractivity contribution >= 4 is 40.3 Å². The Bertz CT molecular complexity index is 1440. The van der Waals surface area contributed by atoms with Gasteiger partial charge in [-0.2, -0.15) is 18.3 Å². The quantitative estimate of drug-likeness (QED) is 0.233. The minimum absolute atomic E-state index is 0.00658. The van der Waals surface area contributed by atoms with Gasteiger partial charge in [-0.25, -0.2) is 9.38 Å². The average Bonchev–Trinajstić information content (AvgIpc) is 3.35. The van der Waals surface area contributed by atoms with Crippen molar-refractivity contribution in [3.8, 4) is 0 Å². The molecule has 15 heteroatoms. The molecule has 0 aliphatic carbocycles. The van der Waals surface area contributed by atoms with E-state index in [4.69, 9.17) is 5.73 Å². The maximum Gasteiger partial charge on any atom is 0.416 e. The summed E-state index contributed by atoms with van der Waals surface area (Å²) in [6.07, 6.45) is -5.32. The predicted molar refractivity (Wildman–Crippen MR) is 132 cm³/mol. The second-order valence-electron chi connectivity index (χ2n) is 8.83. The number of alkyl halides is 4. The van der Waals surface area contributed by atoms with Gasteiger partial charge in [0.05, 0.1) is 42.4 Å². The molecule has 206 valence electrons. The van der Waals surface area contributed by atoms with Gasteiger partial charge in [0.1, 0.15) is 12.2 Å². The predicted octanol–water partition coefficient (Wildman–Crippen LogP) is 2.13. The van der Waals surface area contributed by atoms with E-state index in [0.29, 0.717) is 22.7 Å². The van der Waals surface area contributed by atoms with Crippen molar-refractivity contribution in [2.24, 2.45) is 10.7 Å². The zero-order chi connectivity index (χ0) is 28.3. The lowest BCUT2D eigenvalue weighted by Gasteiger charge is -2.26. The fourth-order valence-corrected chi connectivity index (χ4v) is 4.20. The number of carboxylic acid groups (broad SMARTS) is 1. The Morgan fingerprint density at radius 1 is 1.21 bits per heavy atom. The fraction of sp³-hybridized carbons (Fsp3) is 0.292. The number of H-pyrrole nitrogens is 1. The SMILES string of the molecule is NC(=O)C(NC(=O)c1cc(NC2=NCC(F)CN2)cc2[nH]ncc12)[C@@H](CC(=O)O)c1cccc(C(F)(F)F)c1. The van der Waals surface area contributed by atoms with E-state index >= 15 is 0 Å². The molecule has 3 atom stereocenters. The van der Waals surface area contributed by atoms with Gasteiger partial charge in [-0.3, -0.25) is 19.5 Å². The number of halogens is 4. The molecule has 0 saturated carbocycles. The van der Waals surface area contributed by atoms with Crippen LogP contribution in [0.1, 0.15) is 33.8 Å².